The predicted octanol–water partition coefficient (Wildman–Crippen LogP) is 3.68. The number of aryl methyl sites for hydroxylation is 1. The van der Waals surface area contributed by atoms with Crippen molar-refractivity contribution in [3.05, 3.63) is 64.7 Å². The summed E-state index contributed by atoms with van der Waals surface area (Å²) in [6, 6.07) is 12.2. The monoisotopic (exact) mass is 344 g/mol. The zero-order valence-corrected chi connectivity index (χ0v) is 14.6. The Kier molecular flexibility index (Phi) is 4.13. The van der Waals surface area contributed by atoms with Crippen LogP contribution < -0.4 is 5.73 Å². The average molecular weight is 344 g/mol. The van der Waals surface area contributed by atoms with Crippen molar-refractivity contribution in [2.75, 3.05) is 5.73 Å². The number of allylic oxidation sites excluding steroid dienone is 1. The number of nitrogen functional groups attached to an aromatic ring is 1. The normalized spacial score (nSPS) is 13.3. The molecular formula is C21H20N4O. The summed E-state index contributed by atoms with van der Waals surface area (Å²) in [4.78, 5) is 16.7. The first kappa shape index (κ1) is 16.3. The minimum Gasteiger partial charge on any atom is -0.382 e. The van der Waals surface area contributed by atoms with Crippen molar-refractivity contribution < 1.29 is 4.79 Å². The molecule has 1 aromatic heterocycles. The first-order valence-corrected chi connectivity index (χ1v) is 8.68. The fraction of sp³-hybridized carbons (Fsp3) is 0.190. The number of carbonyl (C=O) groups excluding carboxylic acids is 1. The van der Waals surface area contributed by atoms with Crippen LogP contribution in [0.25, 0.3) is 17.0 Å². The molecule has 0 amide bonds. The highest BCUT2D eigenvalue weighted by Crippen LogP contribution is 2.22. The summed E-state index contributed by atoms with van der Waals surface area (Å²) < 4.78 is 0. The number of aromatic nitrogens is 2. The van der Waals surface area contributed by atoms with Crippen LogP contribution in [-0.2, 0) is 17.8 Å². The van der Waals surface area contributed by atoms with E-state index in [0.717, 1.165) is 34.3 Å². The lowest BCUT2D eigenvalue weighted by molar-refractivity contribution is -0.114. The van der Waals surface area contributed by atoms with Gasteiger partial charge < -0.3 is 5.73 Å². The maximum absolute atomic E-state index is 12.2. The summed E-state index contributed by atoms with van der Waals surface area (Å²) >= 11 is 0. The number of aromatic amines is 1. The second-order valence-electron chi connectivity index (χ2n) is 6.61. The third-order valence-corrected chi connectivity index (χ3v) is 4.79. The van der Waals surface area contributed by atoms with E-state index in [1.807, 2.05) is 37.3 Å². The van der Waals surface area contributed by atoms with Gasteiger partial charge in [-0.1, -0.05) is 24.3 Å². The second-order valence-corrected chi connectivity index (χ2v) is 6.61. The number of nitrogens with one attached hydrogen (secondary N) is 1. The molecule has 0 atom stereocenters. The van der Waals surface area contributed by atoms with Gasteiger partial charge in [-0.25, -0.2) is 0 Å². The van der Waals surface area contributed by atoms with Crippen LogP contribution >= 0.6 is 0 Å². The molecule has 0 aliphatic carbocycles. The number of hydrogen-bond donors (Lipinski definition) is 2. The van der Waals surface area contributed by atoms with Crippen molar-refractivity contribution in [3.8, 4) is 0 Å². The number of H-pyrrole nitrogens is 1. The molecule has 0 unspecified atom stereocenters. The van der Waals surface area contributed by atoms with Crippen molar-refractivity contribution in [3.63, 3.8) is 0 Å². The molecule has 130 valence electrons. The first-order valence-electron chi connectivity index (χ1n) is 8.68. The van der Waals surface area contributed by atoms with Crippen molar-refractivity contribution in [1.29, 1.82) is 0 Å². The molecule has 5 heteroatoms. The molecule has 0 bridgehead atoms. The molecule has 26 heavy (non-hydrogen) atoms. The highest BCUT2D eigenvalue weighted by atomic mass is 16.1. The second kappa shape index (κ2) is 6.59. The predicted molar refractivity (Wildman–Crippen MR) is 105 cm³/mol. The zero-order valence-electron chi connectivity index (χ0n) is 14.6. The Balaban J connectivity index is 1.40. The maximum atomic E-state index is 12.2. The number of carbonyl (C=O) groups is 1. The van der Waals surface area contributed by atoms with Crippen LogP contribution in [0.2, 0.25) is 0 Å². The van der Waals surface area contributed by atoms with Gasteiger partial charge >= 0.3 is 0 Å². The van der Waals surface area contributed by atoms with Crippen LogP contribution in [-0.4, -0.2) is 21.7 Å². The van der Waals surface area contributed by atoms with Gasteiger partial charge in [-0.15, -0.1) is 0 Å². The van der Waals surface area contributed by atoms with Gasteiger partial charge in [-0.2, -0.15) is 5.10 Å². The van der Waals surface area contributed by atoms with E-state index in [0.29, 0.717) is 18.7 Å². The fourth-order valence-electron chi connectivity index (χ4n) is 3.24. The molecule has 2 heterocycles. The number of fused-ring (bicyclic) bond motifs is 2. The van der Waals surface area contributed by atoms with Crippen LogP contribution in [0.4, 0.5) is 5.82 Å². The summed E-state index contributed by atoms with van der Waals surface area (Å²) in [5.74, 6) is 0.597. The third-order valence-electron chi connectivity index (χ3n) is 4.79. The number of ketones is 1. The van der Waals surface area contributed by atoms with Crippen LogP contribution in [0.15, 0.2) is 47.5 Å². The summed E-state index contributed by atoms with van der Waals surface area (Å²) in [6.45, 7) is 2.78. The number of rotatable bonds is 5. The van der Waals surface area contributed by atoms with E-state index in [1.165, 1.54) is 11.1 Å². The number of hydrogen-bond acceptors (Lipinski definition) is 4. The minimum absolute atomic E-state index is 0.108. The summed E-state index contributed by atoms with van der Waals surface area (Å²) in [7, 11) is 0. The summed E-state index contributed by atoms with van der Waals surface area (Å²) in [6.07, 6.45) is 4.68. The Morgan fingerprint density at radius 3 is 3.04 bits per heavy atom. The van der Waals surface area contributed by atoms with E-state index in [4.69, 9.17) is 5.73 Å². The lowest BCUT2D eigenvalue weighted by Gasteiger charge is -2.02. The SMILES string of the molecule is CC1=NCc2ccc(/C=C/C(=O)CCc3ccc4[nH]nc(N)c4c3)cc21. The van der Waals surface area contributed by atoms with E-state index in [1.54, 1.807) is 6.08 Å². The number of anilines is 1. The molecule has 1 aliphatic heterocycles. The molecule has 3 N–H and O–H groups in total. The Bertz CT molecular complexity index is 1060. The highest BCUT2D eigenvalue weighted by Gasteiger charge is 2.11. The van der Waals surface area contributed by atoms with Gasteiger partial charge in [-0.05, 0) is 54.3 Å². The molecular weight excluding hydrogens is 324 g/mol. The lowest BCUT2D eigenvalue weighted by atomic mass is 10.0. The average Bonchev–Trinajstić information content (AvgIpc) is 3.21. The molecule has 0 radical (unpaired) electrons. The van der Waals surface area contributed by atoms with Crippen molar-refractivity contribution >= 4 is 34.3 Å². The number of nitrogens with zero attached hydrogens (tertiary/aromatic N) is 2. The largest absolute Gasteiger partial charge is 0.382 e. The Morgan fingerprint density at radius 1 is 1.27 bits per heavy atom. The van der Waals surface area contributed by atoms with Crippen LogP contribution in [0, 0.1) is 0 Å². The highest BCUT2D eigenvalue weighted by molar-refractivity contribution is 6.02. The van der Waals surface area contributed by atoms with E-state index in [-0.39, 0.29) is 5.78 Å². The van der Waals surface area contributed by atoms with Crippen molar-refractivity contribution in [1.82, 2.24) is 10.2 Å². The standard InChI is InChI=1S/C21H20N4O/c1-13-18-10-14(2-6-16(18)12-23-13)3-7-17(26)8-4-15-5-9-20-19(11-15)21(22)25-24-20/h2-3,5-7,9-11H,4,8,12H2,1H3,(H3,22,24,25)/b7-3+. The van der Waals surface area contributed by atoms with Gasteiger partial charge in [-0.3, -0.25) is 14.9 Å². The molecule has 3 aromatic rings. The quantitative estimate of drug-likeness (QED) is 0.692. The third kappa shape index (κ3) is 3.16. The molecule has 0 saturated carbocycles. The van der Waals surface area contributed by atoms with Crippen molar-refractivity contribution in [2.24, 2.45) is 4.99 Å². The summed E-state index contributed by atoms with van der Waals surface area (Å²) in [5.41, 5.74) is 12.4. The first-order chi connectivity index (χ1) is 12.6. The summed E-state index contributed by atoms with van der Waals surface area (Å²) in [5, 5.41) is 7.77. The lowest BCUT2D eigenvalue weighted by Crippen LogP contribution is -1.97. The number of aliphatic imine (C=N–C) groups is 1. The molecule has 0 spiro atoms. The van der Waals surface area contributed by atoms with Gasteiger partial charge in [0.05, 0.1) is 12.1 Å². The van der Waals surface area contributed by atoms with Gasteiger partial charge in [0.25, 0.3) is 0 Å². The molecule has 5 nitrogen and oxygen atoms in total. The van der Waals surface area contributed by atoms with Gasteiger partial charge in [0.1, 0.15) is 0 Å². The van der Waals surface area contributed by atoms with Gasteiger partial charge in [0.2, 0.25) is 0 Å². The van der Waals surface area contributed by atoms with Crippen LogP contribution in [0.5, 0.6) is 0 Å². The molecule has 0 fully saturated rings. The Morgan fingerprint density at radius 2 is 2.15 bits per heavy atom. The van der Waals surface area contributed by atoms with Gasteiger partial charge in [0.15, 0.2) is 11.6 Å². The zero-order chi connectivity index (χ0) is 18.1. The Labute approximate surface area is 151 Å². The number of nitrogens with two attached hydrogens (primary N) is 1. The van der Waals surface area contributed by atoms with E-state index in [2.05, 4.69) is 27.3 Å². The molecule has 2 aromatic carbocycles. The van der Waals surface area contributed by atoms with Crippen LogP contribution in [0.1, 0.15) is 35.6 Å². The van der Waals surface area contributed by atoms with E-state index in [9.17, 15) is 4.79 Å². The minimum atomic E-state index is 0.108. The Hall–Kier alpha value is -3.21. The molecule has 0 saturated heterocycles. The van der Waals surface area contributed by atoms with E-state index < -0.39 is 0 Å². The van der Waals surface area contributed by atoms with Crippen LogP contribution in [0.3, 0.4) is 0 Å². The topological polar surface area (TPSA) is 84.1 Å². The fourth-order valence-corrected chi connectivity index (χ4v) is 3.24. The van der Waals surface area contributed by atoms with E-state index >= 15 is 0 Å². The smallest absolute Gasteiger partial charge is 0.156 e. The maximum Gasteiger partial charge on any atom is 0.156 e. The number of benzene rings is 2. The molecule has 1 aliphatic rings. The van der Waals surface area contributed by atoms with Gasteiger partial charge in [0, 0.05) is 23.1 Å². The van der Waals surface area contributed by atoms with Crippen molar-refractivity contribution in [2.45, 2.75) is 26.3 Å². The molecule has 4 rings (SSSR count).